The number of rotatable bonds is 8. The Morgan fingerprint density at radius 1 is 1.14 bits per heavy atom. The number of aromatic nitrogens is 5. The van der Waals surface area contributed by atoms with Gasteiger partial charge in [-0.05, 0) is 30.5 Å². The molecule has 0 unspecified atom stereocenters. The molecule has 5 rings (SSSR count). The lowest BCUT2D eigenvalue weighted by atomic mass is 9.84. The number of piperidine rings is 1. The number of nitrogens with zero attached hydrogens (tertiary/aromatic N) is 6. The molecule has 2 atom stereocenters. The maximum atomic E-state index is 15.3. The van der Waals surface area contributed by atoms with E-state index in [1.807, 2.05) is 0 Å². The number of alkyl halides is 2. The summed E-state index contributed by atoms with van der Waals surface area (Å²) in [7, 11) is 0. The predicted octanol–water partition coefficient (Wildman–Crippen LogP) is 3.28. The molecule has 43 heavy (non-hydrogen) atoms. The Labute approximate surface area is 243 Å². The van der Waals surface area contributed by atoms with Gasteiger partial charge in [0.1, 0.15) is 23.8 Å². The van der Waals surface area contributed by atoms with Crippen LogP contribution in [-0.2, 0) is 11.3 Å². The first-order valence-corrected chi connectivity index (χ1v) is 13.5. The highest BCUT2D eigenvalue weighted by molar-refractivity contribution is 5.81. The quantitative estimate of drug-likeness (QED) is 0.155. The van der Waals surface area contributed by atoms with E-state index < -0.39 is 47.3 Å². The number of pyridine rings is 1. The second-order valence-electron chi connectivity index (χ2n) is 10.9. The molecule has 5 N–H and O–H groups in total. The summed E-state index contributed by atoms with van der Waals surface area (Å²) in [6, 6.07) is 3.19. The molecule has 0 radical (unpaired) electrons. The van der Waals surface area contributed by atoms with Gasteiger partial charge < -0.3 is 30.8 Å². The molecular weight excluding hydrogens is 572 g/mol. The molecule has 1 fully saturated rings. The van der Waals surface area contributed by atoms with E-state index in [1.54, 1.807) is 23.3 Å². The van der Waals surface area contributed by atoms with Gasteiger partial charge in [-0.3, -0.25) is 9.78 Å². The topological polar surface area (TPSA) is 158 Å². The third-order valence-corrected chi connectivity index (χ3v) is 7.44. The molecule has 0 spiro atoms. The molecule has 1 aliphatic heterocycles. The summed E-state index contributed by atoms with van der Waals surface area (Å²) in [6.45, 7) is 3.53. The molecule has 1 aromatic carbocycles. The molecule has 1 saturated heterocycles. The molecule has 4 heterocycles. The Hall–Kier alpha value is -4.37. The maximum Gasteiger partial charge on any atom is 0.313 e. The Kier molecular flexibility index (Phi) is 8.21. The molecular formula is C28H30F4N8O3. The molecule has 0 amide bonds. The van der Waals surface area contributed by atoms with E-state index in [0.29, 0.717) is 35.4 Å². The van der Waals surface area contributed by atoms with Gasteiger partial charge in [0.15, 0.2) is 23.0 Å². The summed E-state index contributed by atoms with van der Waals surface area (Å²) in [5.74, 6) is -3.50. The monoisotopic (exact) mass is 602 g/mol. The molecule has 1 aliphatic rings. The number of benzene rings is 1. The first kappa shape index (κ1) is 30.1. The van der Waals surface area contributed by atoms with Gasteiger partial charge in [0, 0.05) is 24.7 Å². The molecule has 228 valence electrons. The minimum Gasteiger partial charge on any atom is -0.423 e. The van der Waals surface area contributed by atoms with Crippen molar-refractivity contribution in [1.29, 1.82) is 0 Å². The number of anilines is 2. The van der Waals surface area contributed by atoms with E-state index in [2.05, 4.69) is 19.9 Å². The second kappa shape index (κ2) is 11.7. The van der Waals surface area contributed by atoms with E-state index in [1.165, 1.54) is 24.9 Å². The lowest BCUT2D eigenvalue weighted by Crippen LogP contribution is -2.63. The van der Waals surface area contributed by atoms with Gasteiger partial charge in [-0.1, -0.05) is 13.8 Å². The minimum atomic E-state index is -3.03. The van der Waals surface area contributed by atoms with Crippen molar-refractivity contribution in [3.8, 4) is 17.0 Å². The zero-order valence-corrected chi connectivity index (χ0v) is 23.3. The number of halogens is 4. The fourth-order valence-corrected chi connectivity index (χ4v) is 5.09. The summed E-state index contributed by atoms with van der Waals surface area (Å²) in [6.07, 6.45) is -0.317. The number of nitrogen functional groups attached to an aromatic ring is 1. The van der Waals surface area contributed by atoms with Crippen LogP contribution in [0.4, 0.5) is 29.1 Å². The van der Waals surface area contributed by atoms with Crippen molar-refractivity contribution in [2.24, 2.45) is 11.7 Å². The smallest absolute Gasteiger partial charge is 0.313 e. The average Bonchev–Trinajstić information content (AvgIpc) is 3.38. The summed E-state index contributed by atoms with van der Waals surface area (Å²) in [5.41, 5.74) is 12.2. The summed E-state index contributed by atoms with van der Waals surface area (Å²) < 4.78 is 63.8. The molecule has 0 aliphatic carbocycles. The van der Waals surface area contributed by atoms with Crippen LogP contribution in [0.2, 0.25) is 0 Å². The normalized spacial score (nSPS) is 18.0. The standard InChI is InChI=1S/C28H30F4N8O3/c1-14(2)27(42)43-21-8-17(29)16(7-18(21)30)19-6-15(10-40-13-38-22-25(33)36-12-37-26(22)40)20(9-35-19)39-5-3-4-28(34,11-39)23(41)24(31)32/h6-9,12-14,23-24,41H,3-5,10-11,34H2,1-2H3,(H2,33,36,37)/t23-,28-/m1/s1. The van der Waals surface area contributed by atoms with Crippen LogP contribution >= 0.6 is 0 Å². The van der Waals surface area contributed by atoms with Crippen molar-refractivity contribution >= 4 is 28.6 Å². The zero-order chi connectivity index (χ0) is 31.1. The van der Waals surface area contributed by atoms with Gasteiger partial charge in [-0.2, -0.15) is 0 Å². The van der Waals surface area contributed by atoms with Crippen molar-refractivity contribution in [3.63, 3.8) is 0 Å². The molecule has 4 aromatic rings. The van der Waals surface area contributed by atoms with Gasteiger partial charge in [0.2, 0.25) is 0 Å². The maximum absolute atomic E-state index is 15.3. The summed E-state index contributed by atoms with van der Waals surface area (Å²) in [5, 5.41) is 10.2. The molecule has 3 aromatic heterocycles. The Bertz CT molecular complexity index is 1670. The lowest BCUT2D eigenvalue weighted by molar-refractivity contribution is -0.138. The van der Waals surface area contributed by atoms with Crippen molar-refractivity contribution in [2.75, 3.05) is 23.7 Å². The number of aliphatic hydroxyl groups excluding tert-OH is 1. The molecule has 0 bridgehead atoms. The highest BCUT2D eigenvalue weighted by Crippen LogP contribution is 2.35. The first-order valence-electron chi connectivity index (χ1n) is 13.5. The number of imidazole rings is 1. The lowest BCUT2D eigenvalue weighted by Gasteiger charge is -2.44. The van der Waals surface area contributed by atoms with Crippen LogP contribution in [0.5, 0.6) is 5.75 Å². The number of carbonyl (C=O) groups is 1. The number of carbonyl (C=O) groups excluding carboxylic acids is 1. The van der Waals surface area contributed by atoms with E-state index in [0.717, 1.165) is 12.1 Å². The number of aliphatic hydroxyl groups is 1. The van der Waals surface area contributed by atoms with Crippen LogP contribution in [0.1, 0.15) is 32.3 Å². The Balaban J connectivity index is 1.57. The molecule has 11 nitrogen and oxygen atoms in total. The number of esters is 1. The SMILES string of the molecule is CC(C)C(=O)Oc1cc(F)c(-c2cc(Cn3cnc4c(N)ncnc43)c(N3CCC[C@](N)([C@H](O)C(F)F)C3)cn2)cc1F. The van der Waals surface area contributed by atoms with Crippen LogP contribution in [-0.4, -0.2) is 66.7 Å². The number of fused-ring (bicyclic) bond motifs is 1. The second-order valence-corrected chi connectivity index (χ2v) is 10.9. The predicted molar refractivity (Wildman–Crippen MR) is 149 cm³/mol. The Morgan fingerprint density at radius 3 is 2.63 bits per heavy atom. The Morgan fingerprint density at radius 2 is 1.91 bits per heavy atom. The average molecular weight is 603 g/mol. The van der Waals surface area contributed by atoms with E-state index in [9.17, 15) is 23.1 Å². The first-order chi connectivity index (χ1) is 20.4. The number of hydrogen-bond donors (Lipinski definition) is 3. The van der Waals surface area contributed by atoms with Gasteiger partial charge in [0.25, 0.3) is 6.43 Å². The van der Waals surface area contributed by atoms with Gasteiger partial charge >= 0.3 is 5.97 Å². The highest BCUT2D eigenvalue weighted by Gasteiger charge is 2.43. The van der Waals surface area contributed by atoms with Gasteiger partial charge in [0.05, 0.1) is 41.9 Å². The largest absolute Gasteiger partial charge is 0.423 e. The third kappa shape index (κ3) is 5.95. The number of ether oxygens (including phenoxy) is 1. The van der Waals surface area contributed by atoms with Crippen LogP contribution < -0.4 is 21.1 Å². The molecule has 15 heteroatoms. The van der Waals surface area contributed by atoms with Crippen molar-refractivity contribution in [1.82, 2.24) is 24.5 Å². The van der Waals surface area contributed by atoms with Crippen molar-refractivity contribution in [3.05, 3.63) is 54.2 Å². The van der Waals surface area contributed by atoms with Crippen LogP contribution in [0, 0.1) is 17.6 Å². The number of nitrogens with two attached hydrogens (primary N) is 2. The summed E-state index contributed by atoms with van der Waals surface area (Å²) >= 11 is 0. The van der Waals surface area contributed by atoms with E-state index in [4.69, 9.17) is 16.2 Å². The van der Waals surface area contributed by atoms with Gasteiger partial charge in [-0.25, -0.2) is 32.5 Å². The fraction of sp³-hybridized carbons (Fsp3) is 0.393. The van der Waals surface area contributed by atoms with E-state index >= 15 is 4.39 Å². The highest BCUT2D eigenvalue weighted by atomic mass is 19.3. The van der Waals surface area contributed by atoms with Gasteiger partial charge in [-0.15, -0.1) is 0 Å². The van der Waals surface area contributed by atoms with Crippen molar-refractivity contribution < 1.29 is 32.2 Å². The number of hydrogen-bond acceptors (Lipinski definition) is 10. The van der Waals surface area contributed by atoms with Crippen LogP contribution in [0.3, 0.4) is 0 Å². The summed E-state index contributed by atoms with van der Waals surface area (Å²) in [4.78, 5) is 30.5. The molecule has 0 saturated carbocycles. The van der Waals surface area contributed by atoms with Crippen LogP contribution in [0.15, 0.2) is 37.1 Å². The third-order valence-electron chi connectivity index (χ3n) is 7.44. The minimum absolute atomic E-state index is 0.0547. The van der Waals surface area contributed by atoms with Crippen LogP contribution in [0.25, 0.3) is 22.4 Å². The van der Waals surface area contributed by atoms with E-state index in [-0.39, 0.29) is 36.6 Å². The zero-order valence-electron chi connectivity index (χ0n) is 23.3. The fourth-order valence-electron chi connectivity index (χ4n) is 5.09. The van der Waals surface area contributed by atoms with Crippen molar-refractivity contribution in [2.45, 2.75) is 51.3 Å².